The first-order valence-electron chi connectivity index (χ1n) is 11.7. The van der Waals surface area contributed by atoms with Crippen LogP contribution >= 0.6 is 0 Å². The van der Waals surface area contributed by atoms with Crippen LogP contribution in [0.1, 0.15) is 61.3 Å². The van der Waals surface area contributed by atoms with E-state index in [-0.39, 0.29) is 23.7 Å². The van der Waals surface area contributed by atoms with E-state index < -0.39 is 66.1 Å². The van der Waals surface area contributed by atoms with Crippen LogP contribution in [-0.4, -0.2) is 73.1 Å². The van der Waals surface area contributed by atoms with Gasteiger partial charge in [0.2, 0.25) is 0 Å². The summed E-state index contributed by atoms with van der Waals surface area (Å²) in [5.41, 5.74) is -0.832. The van der Waals surface area contributed by atoms with Gasteiger partial charge in [0, 0.05) is 45.4 Å². The van der Waals surface area contributed by atoms with Gasteiger partial charge in [-0.25, -0.2) is 0 Å². The van der Waals surface area contributed by atoms with Crippen molar-refractivity contribution in [3.05, 3.63) is 0 Å². The van der Waals surface area contributed by atoms with E-state index in [0.29, 0.717) is 12.8 Å². The van der Waals surface area contributed by atoms with Gasteiger partial charge >= 0.3 is 23.9 Å². The van der Waals surface area contributed by atoms with Gasteiger partial charge in [0.05, 0.1) is 6.10 Å². The standard InChI is InChI=1S/C24H34O11/c1-11(25)30-10-17-19(31-12(2)26)20(32-13(3)27)21(33-14(4)28)22(34-17)35-18-8-15-16(29)9-24(18,7)23(15,5)6/h15,17-22H,8-10H2,1-7H3/t15-,17+,18-,19+,20-,21+,22-,24-/m0/s1. The van der Waals surface area contributed by atoms with E-state index in [1.807, 2.05) is 20.8 Å². The summed E-state index contributed by atoms with van der Waals surface area (Å²) in [5, 5.41) is 0. The summed E-state index contributed by atoms with van der Waals surface area (Å²) in [7, 11) is 0. The number of carbonyl (C=O) groups is 5. The molecule has 1 saturated heterocycles. The van der Waals surface area contributed by atoms with E-state index in [4.69, 9.17) is 28.4 Å². The smallest absolute Gasteiger partial charge is 0.303 e. The molecule has 0 radical (unpaired) electrons. The lowest BCUT2D eigenvalue weighted by Crippen LogP contribution is -2.63. The summed E-state index contributed by atoms with van der Waals surface area (Å²) in [6.45, 7) is 10.4. The highest BCUT2D eigenvalue weighted by Crippen LogP contribution is 2.65. The van der Waals surface area contributed by atoms with E-state index in [1.165, 1.54) is 13.8 Å². The maximum atomic E-state index is 12.5. The molecule has 3 rings (SSSR count). The van der Waals surface area contributed by atoms with Crippen molar-refractivity contribution in [1.29, 1.82) is 0 Å². The van der Waals surface area contributed by atoms with Gasteiger partial charge < -0.3 is 28.4 Å². The van der Waals surface area contributed by atoms with Crippen LogP contribution in [0.25, 0.3) is 0 Å². The van der Waals surface area contributed by atoms with Crippen LogP contribution in [0.5, 0.6) is 0 Å². The molecule has 11 nitrogen and oxygen atoms in total. The number of ketones is 1. The molecule has 0 spiro atoms. The highest BCUT2D eigenvalue weighted by molar-refractivity contribution is 5.87. The number of hydrogen-bond acceptors (Lipinski definition) is 11. The van der Waals surface area contributed by atoms with E-state index >= 15 is 0 Å². The number of ether oxygens (including phenoxy) is 6. The van der Waals surface area contributed by atoms with Gasteiger partial charge in [-0.1, -0.05) is 20.8 Å². The lowest BCUT2D eigenvalue weighted by atomic mass is 9.70. The van der Waals surface area contributed by atoms with Crippen molar-refractivity contribution in [3.8, 4) is 0 Å². The fraction of sp³-hybridized carbons (Fsp3) is 0.792. The van der Waals surface area contributed by atoms with E-state index in [0.717, 1.165) is 13.8 Å². The molecule has 8 atom stereocenters. The summed E-state index contributed by atoms with van der Waals surface area (Å²) in [5.74, 6) is -2.72. The third-order valence-corrected chi connectivity index (χ3v) is 7.68. The summed E-state index contributed by atoms with van der Waals surface area (Å²) < 4.78 is 33.8. The molecule has 11 heteroatoms. The topological polar surface area (TPSA) is 141 Å². The molecular weight excluding hydrogens is 464 g/mol. The Morgan fingerprint density at radius 3 is 1.86 bits per heavy atom. The predicted molar refractivity (Wildman–Crippen MR) is 116 cm³/mol. The molecule has 0 N–H and O–H groups in total. The Kier molecular flexibility index (Phi) is 7.61. The van der Waals surface area contributed by atoms with Crippen LogP contribution < -0.4 is 0 Å². The summed E-state index contributed by atoms with van der Waals surface area (Å²) >= 11 is 0. The minimum absolute atomic E-state index is 0.180. The Labute approximate surface area is 204 Å². The SMILES string of the molecule is CC(=O)OC[C@H]1O[C@@H](O[C@H]2C[C@H]3C(=O)C[C@]2(C)C3(C)C)[C@H](OC(C)=O)[C@@H](OC(C)=O)[C@@H]1OC(C)=O. The Morgan fingerprint density at radius 1 is 0.857 bits per heavy atom. The van der Waals surface area contributed by atoms with E-state index in [2.05, 4.69) is 0 Å². The minimum atomic E-state index is -1.29. The fourth-order valence-corrected chi connectivity index (χ4v) is 5.61. The van der Waals surface area contributed by atoms with Crippen molar-refractivity contribution in [3.63, 3.8) is 0 Å². The third kappa shape index (κ3) is 5.20. The lowest BCUT2D eigenvalue weighted by molar-refractivity contribution is -0.323. The second-order valence-corrected chi connectivity index (χ2v) is 10.3. The molecule has 0 aromatic rings. The number of Topliss-reactive ketones (excluding diaryl/α,β-unsaturated/α-hetero) is 1. The molecule has 3 aliphatic rings. The molecule has 35 heavy (non-hydrogen) atoms. The van der Waals surface area contributed by atoms with Gasteiger partial charge in [-0.05, 0) is 11.8 Å². The number of rotatable bonds is 7. The van der Waals surface area contributed by atoms with Gasteiger partial charge in [-0.3, -0.25) is 24.0 Å². The molecule has 0 aromatic carbocycles. The molecule has 0 amide bonds. The Bertz CT molecular complexity index is 896. The van der Waals surface area contributed by atoms with Crippen LogP contribution in [-0.2, 0) is 52.4 Å². The van der Waals surface area contributed by atoms with Crippen LogP contribution in [0.4, 0.5) is 0 Å². The molecule has 196 valence electrons. The third-order valence-electron chi connectivity index (χ3n) is 7.68. The first-order chi connectivity index (χ1) is 16.2. The molecule has 1 aliphatic heterocycles. The zero-order chi connectivity index (χ0) is 26.3. The minimum Gasteiger partial charge on any atom is -0.463 e. The monoisotopic (exact) mass is 498 g/mol. The number of fused-ring (bicyclic) bond motifs is 2. The van der Waals surface area contributed by atoms with E-state index in [9.17, 15) is 24.0 Å². The van der Waals surface area contributed by atoms with E-state index in [1.54, 1.807) is 0 Å². The van der Waals surface area contributed by atoms with Gasteiger partial charge in [0.1, 0.15) is 18.5 Å². The average molecular weight is 499 g/mol. The van der Waals surface area contributed by atoms with Gasteiger partial charge in [-0.15, -0.1) is 0 Å². The molecular formula is C24H34O11. The molecule has 2 saturated carbocycles. The molecule has 3 fully saturated rings. The van der Waals surface area contributed by atoms with Crippen LogP contribution in [0.2, 0.25) is 0 Å². The second kappa shape index (κ2) is 9.85. The quantitative estimate of drug-likeness (QED) is 0.372. The maximum absolute atomic E-state index is 12.5. The van der Waals surface area contributed by atoms with Crippen molar-refractivity contribution in [2.75, 3.05) is 6.61 Å². The highest BCUT2D eigenvalue weighted by atomic mass is 16.7. The Hall–Kier alpha value is -2.53. The molecule has 1 heterocycles. The van der Waals surface area contributed by atoms with Crippen molar-refractivity contribution in [2.45, 2.75) is 98.1 Å². The number of esters is 4. The zero-order valence-corrected chi connectivity index (χ0v) is 21.2. The average Bonchev–Trinajstić information content (AvgIpc) is 3.00. The summed E-state index contributed by atoms with van der Waals surface area (Å²) in [6.07, 6.45) is -5.78. The Morgan fingerprint density at radius 2 is 1.40 bits per heavy atom. The van der Waals surface area contributed by atoms with Gasteiger partial charge in [-0.2, -0.15) is 0 Å². The normalized spacial score (nSPS) is 37.5. The van der Waals surface area contributed by atoms with Crippen molar-refractivity contribution in [2.24, 2.45) is 16.7 Å². The van der Waals surface area contributed by atoms with Crippen molar-refractivity contribution in [1.82, 2.24) is 0 Å². The highest BCUT2D eigenvalue weighted by Gasteiger charge is 2.67. The largest absolute Gasteiger partial charge is 0.463 e. The Balaban J connectivity index is 1.96. The first kappa shape index (κ1) is 27.1. The molecule has 2 bridgehead atoms. The van der Waals surface area contributed by atoms with Crippen LogP contribution in [0, 0.1) is 16.7 Å². The maximum Gasteiger partial charge on any atom is 0.303 e. The van der Waals surface area contributed by atoms with Crippen LogP contribution in [0.3, 0.4) is 0 Å². The van der Waals surface area contributed by atoms with Crippen LogP contribution in [0.15, 0.2) is 0 Å². The summed E-state index contributed by atoms with van der Waals surface area (Å²) in [6, 6.07) is 0. The lowest BCUT2D eigenvalue weighted by Gasteiger charge is -2.46. The molecule has 0 unspecified atom stereocenters. The molecule has 2 aliphatic carbocycles. The van der Waals surface area contributed by atoms with Gasteiger partial charge in [0.15, 0.2) is 24.6 Å². The fourth-order valence-electron chi connectivity index (χ4n) is 5.61. The van der Waals surface area contributed by atoms with Gasteiger partial charge in [0.25, 0.3) is 0 Å². The first-order valence-corrected chi connectivity index (χ1v) is 11.7. The molecule has 0 aromatic heterocycles. The zero-order valence-electron chi connectivity index (χ0n) is 21.2. The van der Waals surface area contributed by atoms with Crippen molar-refractivity contribution < 1.29 is 52.4 Å². The number of carbonyl (C=O) groups excluding carboxylic acids is 5. The van der Waals surface area contributed by atoms with Crippen molar-refractivity contribution >= 4 is 29.7 Å². The summed E-state index contributed by atoms with van der Waals surface area (Å²) in [4.78, 5) is 59.8. The predicted octanol–water partition coefficient (Wildman–Crippen LogP) is 1.48. The second-order valence-electron chi connectivity index (χ2n) is 10.3. The number of hydrogen-bond donors (Lipinski definition) is 0.